The first-order chi connectivity index (χ1) is 12.5. The molecule has 1 aliphatic rings. The molecule has 6 nitrogen and oxygen atoms in total. The van der Waals surface area contributed by atoms with E-state index in [0.29, 0.717) is 11.4 Å². The zero-order valence-corrected chi connectivity index (χ0v) is 14.3. The molecule has 134 valence electrons. The van der Waals surface area contributed by atoms with Gasteiger partial charge in [-0.2, -0.15) is 5.10 Å². The van der Waals surface area contributed by atoms with Crippen molar-refractivity contribution in [2.24, 2.45) is 10.8 Å². The van der Waals surface area contributed by atoms with Crippen molar-refractivity contribution < 1.29 is 14.0 Å². The van der Waals surface area contributed by atoms with Gasteiger partial charge in [0.25, 0.3) is 5.91 Å². The van der Waals surface area contributed by atoms with E-state index in [0.717, 1.165) is 12.0 Å². The molecule has 0 spiro atoms. The predicted molar refractivity (Wildman–Crippen MR) is 98.4 cm³/mol. The molecule has 0 saturated heterocycles. The third kappa shape index (κ3) is 3.56. The lowest BCUT2D eigenvalue weighted by atomic mass is 10.1. The highest BCUT2D eigenvalue weighted by Crippen LogP contribution is 2.25. The summed E-state index contributed by atoms with van der Waals surface area (Å²) in [6.45, 7) is 2.00. The average Bonchev–Trinajstić information content (AvgIpc) is 3.08. The predicted octanol–water partition coefficient (Wildman–Crippen LogP) is 2.45. The molecule has 2 amide bonds. The number of halogens is 1. The molecular formula is C19H19FN4O2. The molecule has 7 heteroatoms. The van der Waals surface area contributed by atoms with Gasteiger partial charge in [0.15, 0.2) is 0 Å². The number of nitrogens with one attached hydrogen (secondary N) is 1. The summed E-state index contributed by atoms with van der Waals surface area (Å²) in [4.78, 5) is 24.4. The number of carbonyl (C=O) groups is 2. The molecule has 2 aromatic rings. The number of primary amides is 1. The molecule has 0 saturated carbocycles. The third-order valence-electron chi connectivity index (χ3n) is 4.24. The molecule has 0 aromatic heterocycles. The monoisotopic (exact) mass is 354 g/mol. The van der Waals surface area contributed by atoms with E-state index in [-0.39, 0.29) is 18.0 Å². The molecule has 1 heterocycles. The fourth-order valence-corrected chi connectivity index (χ4v) is 2.85. The van der Waals surface area contributed by atoms with Gasteiger partial charge in [-0.05, 0) is 42.3 Å². The Labute approximate surface area is 150 Å². The number of benzene rings is 2. The van der Waals surface area contributed by atoms with E-state index in [1.807, 2.05) is 31.2 Å². The summed E-state index contributed by atoms with van der Waals surface area (Å²) in [6.07, 6.45) is 0.862. The maximum absolute atomic E-state index is 13.1. The Morgan fingerprint density at radius 2 is 1.92 bits per heavy atom. The molecule has 3 rings (SSSR count). The zero-order valence-electron chi connectivity index (χ0n) is 14.3. The lowest BCUT2D eigenvalue weighted by Crippen LogP contribution is -2.39. The molecule has 0 fully saturated rings. The largest absolute Gasteiger partial charge is 0.368 e. The highest BCUT2D eigenvalue weighted by molar-refractivity contribution is 6.44. The SMILES string of the molecule is CCc1ccccc1NC(=O)C1=NN(c2ccc(F)cc2)[C@H](C(N)=O)C1. The number of anilines is 2. The average molecular weight is 354 g/mol. The van der Waals surface area contributed by atoms with Gasteiger partial charge in [-0.25, -0.2) is 4.39 Å². The standard InChI is InChI=1S/C19H19FN4O2/c1-2-12-5-3-4-6-15(12)22-19(26)16-11-17(18(21)25)24(23-16)14-9-7-13(20)8-10-14/h3-10,17H,2,11H2,1H3,(H2,21,25)(H,22,26)/t17-/m0/s1. The molecule has 1 atom stereocenters. The fraction of sp³-hybridized carbons (Fsp3) is 0.211. The van der Waals surface area contributed by atoms with Crippen molar-refractivity contribution in [1.82, 2.24) is 0 Å². The van der Waals surface area contributed by atoms with Crippen molar-refractivity contribution in [2.75, 3.05) is 10.3 Å². The molecule has 26 heavy (non-hydrogen) atoms. The Balaban J connectivity index is 1.85. The van der Waals surface area contributed by atoms with Gasteiger partial charge >= 0.3 is 0 Å². The van der Waals surface area contributed by atoms with E-state index in [9.17, 15) is 14.0 Å². The number of hydrogen-bond acceptors (Lipinski definition) is 4. The van der Waals surface area contributed by atoms with Crippen LogP contribution in [-0.4, -0.2) is 23.6 Å². The van der Waals surface area contributed by atoms with Crippen molar-refractivity contribution >= 4 is 28.9 Å². The van der Waals surface area contributed by atoms with Crippen LogP contribution in [0.3, 0.4) is 0 Å². The van der Waals surface area contributed by atoms with Crippen LogP contribution in [0.5, 0.6) is 0 Å². The molecule has 0 unspecified atom stereocenters. The number of amides is 2. The van der Waals surface area contributed by atoms with Crippen molar-refractivity contribution in [2.45, 2.75) is 25.8 Å². The van der Waals surface area contributed by atoms with Crippen LogP contribution in [0.4, 0.5) is 15.8 Å². The van der Waals surface area contributed by atoms with E-state index in [1.165, 1.54) is 29.3 Å². The summed E-state index contributed by atoms with van der Waals surface area (Å²) < 4.78 is 13.1. The number of aryl methyl sites for hydroxylation is 1. The zero-order chi connectivity index (χ0) is 18.7. The van der Waals surface area contributed by atoms with Gasteiger partial charge < -0.3 is 11.1 Å². The van der Waals surface area contributed by atoms with Crippen LogP contribution in [0.15, 0.2) is 53.6 Å². The first-order valence-corrected chi connectivity index (χ1v) is 8.30. The van der Waals surface area contributed by atoms with Gasteiger partial charge in [0, 0.05) is 12.1 Å². The van der Waals surface area contributed by atoms with E-state index < -0.39 is 17.8 Å². The summed E-state index contributed by atoms with van der Waals surface area (Å²) in [7, 11) is 0. The Morgan fingerprint density at radius 1 is 1.23 bits per heavy atom. The third-order valence-corrected chi connectivity index (χ3v) is 4.24. The van der Waals surface area contributed by atoms with Crippen molar-refractivity contribution in [3.63, 3.8) is 0 Å². The number of rotatable bonds is 5. The fourth-order valence-electron chi connectivity index (χ4n) is 2.85. The summed E-state index contributed by atoms with van der Waals surface area (Å²) in [5.41, 5.74) is 7.86. The first-order valence-electron chi connectivity index (χ1n) is 8.30. The summed E-state index contributed by atoms with van der Waals surface area (Å²) in [5.74, 6) is -1.39. The van der Waals surface area contributed by atoms with Crippen LogP contribution in [-0.2, 0) is 16.0 Å². The van der Waals surface area contributed by atoms with Crippen molar-refractivity contribution in [3.8, 4) is 0 Å². The first kappa shape index (κ1) is 17.6. The molecule has 3 N–H and O–H groups in total. The highest BCUT2D eigenvalue weighted by Gasteiger charge is 2.35. The highest BCUT2D eigenvalue weighted by atomic mass is 19.1. The van der Waals surface area contributed by atoms with Gasteiger partial charge in [0.05, 0.1) is 5.69 Å². The molecular weight excluding hydrogens is 335 g/mol. The van der Waals surface area contributed by atoms with Crippen LogP contribution in [0.2, 0.25) is 0 Å². The number of hydrazone groups is 1. The minimum atomic E-state index is -0.789. The van der Waals surface area contributed by atoms with Gasteiger partial charge in [-0.15, -0.1) is 0 Å². The van der Waals surface area contributed by atoms with Crippen LogP contribution in [0.1, 0.15) is 18.9 Å². The van der Waals surface area contributed by atoms with Gasteiger partial charge in [0.1, 0.15) is 17.6 Å². The lowest BCUT2D eigenvalue weighted by molar-refractivity contribution is -0.119. The number of para-hydroxylation sites is 1. The maximum atomic E-state index is 13.1. The maximum Gasteiger partial charge on any atom is 0.271 e. The lowest BCUT2D eigenvalue weighted by Gasteiger charge is -2.20. The molecule has 0 radical (unpaired) electrons. The van der Waals surface area contributed by atoms with Gasteiger partial charge in [-0.3, -0.25) is 14.6 Å². The number of nitrogens with zero attached hydrogens (tertiary/aromatic N) is 2. The van der Waals surface area contributed by atoms with E-state index in [2.05, 4.69) is 10.4 Å². The Hall–Kier alpha value is -3.22. The topological polar surface area (TPSA) is 87.8 Å². The van der Waals surface area contributed by atoms with Crippen molar-refractivity contribution in [3.05, 3.63) is 59.9 Å². The Bertz CT molecular complexity index is 864. The number of carbonyl (C=O) groups excluding carboxylic acids is 2. The van der Waals surface area contributed by atoms with Gasteiger partial charge in [0.2, 0.25) is 5.91 Å². The van der Waals surface area contributed by atoms with E-state index >= 15 is 0 Å². The quantitative estimate of drug-likeness (QED) is 0.864. The normalized spacial score (nSPS) is 16.3. The van der Waals surface area contributed by atoms with Gasteiger partial charge in [-0.1, -0.05) is 25.1 Å². The van der Waals surface area contributed by atoms with Crippen molar-refractivity contribution in [1.29, 1.82) is 0 Å². The second kappa shape index (κ2) is 7.35. The van der Waals surface area contributed by atoms with Crippen LogP contribution in [0.25, 0.3) is 0 Å². The molecule has 2 aromatic carbocycles. The van der Waals surface area contributed by atoms with E-state index in [1.54, 1.807) is 0 Å². The number of hydrogen-bond donors (Lipinski definition) is 2. The summed E-state index contributed by atoms with van der Waals surface area (Å²) in [5, 5.41) is 8.46. The Morgan fingerprint density at radius 3 is 2.58 bits per heavy atom. The summed E-state index contributed by atoms with van der Waals surface area (Å²) >= 11 is 0. The number of nitrogens with two attached hydrogens (primary N) is 1. The second-order valence-electron chi connectivity index (χ2n) is 5.95. The summed E-state index contributed by atoms with van der Waals surface area (Å²) in [6, 6.07) is 12.2. The smallest absolute Gasteiger partial charge is 0.271 e. The molecule has 0 bridgehead atoms. The van der Waals surface area contributed by atoms with Crippen LogP contribution < -0.4 is 16.1 Å². The molecule has 0 aliphatic carbocycles. The molecule has 1 aliphatic heterocycles. The van der Waals surface area contributed by atoms with E-state index in [4.69, 9.17) is 5.73 Å². The second-order valence-corrected chi connectivity index (χ2v) is 5.95. The minimum absolute atomic E-state index is 0.0901. The van der Waals surface area contributed by atoms with Crippen LogP contribution >= 0.6 is 0 Å². The minimum Gasteiger partial charge on any atom is -0.368 e. The van der Waals surface area contributed by atoms with Crippen LogP contribution in [0, 0.1) is 5.82 Å². The Kier molecular flexibility index (Phi) is 4.97.